The molecule has 1 aromatic carbocycles. The Kier molecular flexibility index (Phi) is 4.27. The van der Waals surface area contributed by atoms with E-state index in [9.17, 15) is 4.79 Å². The van der Waals surface area contributed by atoms with Crippen LogP contribution in [-0.2, 0) is 4.74 Å². The summed E-state index contributed by atoms with van der Waals surface area (Å²) >= 11 is 3.41. The third kappa shape index (κ3) is 2.98. The van der Waals surface area contributed by atoms with Crippen molar-refractivity contribution in [2.75, 3.05) is 13.7 Å². The summed E-state index contributed by atoms with van der Waals surface area (Å²) in [6, 6.07) is 9.38. The molecule has 0 fully saturated rings. The molecule has 0 aliphatic rings. The third-order valence-electron chi connectivity index (χ3n) is 2.67. The molecule has 0 spiro atoms. The predicted octanol–water partition coefficient (Wildman–Crippen LogP) is 3.63. The van der Waals surface area contributed by atoms with Crippen LogP contribution >= 0.6 is 15.9 Å². The summed E-state index contributed by atoms with van der Waals surface area (Å²) < 4.78 is 10.8. The van der Waals surface area contributed by atoms with Crippen molar-refractivity contribution in [1.29, 1.82) is 0 Å². The zero-order valence-corrected chi connectivity index (χ0v) is 12.3. The smallest absolute Gasteiger partial charge is 0.354 e. The summed E-state index contributed by atoms with van der Waals surface area (Å²) in [7, 11) is 1.63. The van der Waals surface area contributed by atoms with Gasteiger partial charge in [0, 0.05) is 5.56 Å². The number of hydrogen-bond acceptors (Lipinski definition) is 3. The molecule has 0 bridgehead atoms. The minimum absolute atomic E-state index is 0.355. The van der Waals surface area contributed by atoms with Crippen LogP contribution in [0, 0.1) is 0 Å². The van der Waals surface area contributed by atoms with Gasteiger partial charge in [-0.25, -0.2) is 4.79 Å². The molecule has 2 rings (SSSR count). The molecule has 1 N–H and O–H groups in total. The van der Waals surface area contributed by atoms with E-state index in [1.807, 2.05) is 24.3 Å². The van der Waals surface area contributed by atoms with Crippen LogP contribution in [0.5, 0.6) is 5.75 Å². The van der Waals surface area contributed by atoms with Gasteiger partial charge in [-0.2, -0.15) is 0 Å². The van der Waals surface area contributed by atoms with Crippen molar-refractivity contribution < 1.29 is 14.3 Å². The summed E-state index contributed by atoms with van der Waals surface area (Å²) in [5, 5.41) is 0. The molecule has 0 aliphatic heterocycles. The Labute approximate surface area is 119 Å². The fourth-order valence-electron chi connectivity index (χ4n) is 1.73. The molecule has 0 amide bonds. The zero-order valence-electron chi connectivity index (χ0n) is 10.7. The molecule has 5 heteroatoms. The summed E-state index contributed by atoms with van der Waals surface area (Å²) in [5.41, 5.74) is 2.32. The van der Waals surface area contributed by atoms with Crippen LogP contribution < -0.4 is 4.74 Å². The second-order valence-electron chi connectivity index (χ2n) is 3.86. The molecule has 0 saturated heterocycles. The van der Waals surface area contributed by atoms with Crippen molar-refractivity contribution in [3.8, 4) is 16.9 Å². The van der Waals surface area contributed by atoms with Crippen LogP contribution in [0.4, 0.5) is 0 Å². The van der Waals surface area contributed by atoms with Gasteiger partial charge in [0.25, 0.3) is 0 Å². The molecule has 19 heavy (non-hydrogen) atoms. The highest BCUT2D eigenvalue weighted by Crippen LogP contribution is 2.30. The molecule has 4 nitrogen and oxygen atoms in total. The standard InChI is InChI=1S/C14H14BrNO3/c1-3-19-14(17)12-8-11(13(15)16-12)9-4-6-10(18-2)7-5-9/h4-8,16H,3H2,1-2H3. The highest BCUT2D eigenvalue weighted by molar-refractivity contribution is 9.10. The Balaban J connectivity index is 2.31. The molecule has 100 valence electrons. The van der Waals surface area contributed by atoms with Crippen molar-refractivity contribution >= 4 is 21.9 Å². The second-order valence-corrected chi connectivity index (χ2v) is 4.65. The number of methoxy groups -OCH3 is 1. The Morgan fingerprint density at radius 3 is 2.58 bits per heavy atom. The molecule has 0 saturated carbocycles. The van der Waals surface area contributed by atoms with E-state index in [0.29, 0.717) is 12.3 Å². The number of carbonyl (C=O) groups is 1. The summed E-state index contributed by atoms with van der Waals surface area (Å²) in [6.45, 7) is 2.13. The van der Waals surface area contributed by atoms with Gasteiger partial charge < -0.3 is 14.5 Å². The van der Waals surface area contributed by atoms with Crippen LogP contribution in [0.15, 0.2) is 34.9 Å². The Morgan fingerprint density at radius 1 is 1.32 bits per heavy atom. The maximum absolute atomic E-state index is 11.6. The van der Waals surface area contributed by atoms with Gasteiger partial charge in [-0.1, -0.05) is 12.1 Å². The molecular formula is C14H14BrNO3. The lowest BCUT2D eigenvalue weighted by atomic mass is 10.1. The maximum atomic E-state index is 11.6. The fraction of sp³-hybridized carbons (Fsp3) is 0.214. The molecule has 0 atom stereocenters. The molecule has 0 aliphatic carbocycles. The average molecular weight is 324 g/mol. The lowest BCUT2D eigenvalue weighted by Crippen LogP contribution is -2.04. The first-order valence-corrected chi connectivity index (χ1v) is 6.65. The minimum atomic E-state index is -0.358. The number of benzene rings is 1. The second kappa shape index (κ2) is 5.93. The molecule has 1 heterocycles. The first kappa shape index (κ1) is 13.7. The van der Waals surface area contributed by atoms with E-state index in [0.717, 1.165) is 21.5 Å². The normalized spacial score (nSPS) is 10.3. The number of aromatic nitrogens is 1. The molecule has 1 aromatic heterocycles. The van der Waals surface area contributed by atoms with Gasteiger partial charge in [-0.3, -0.25) is 0 Å². The van der Waals surface area contributed by atoms with E-state index in [-0.39, 0.29) is 5.97 Å². The first-order chi connectivity index (χ1) is 9.15. The average Bonchev–Trinajstić information content (AvgIpc) is 2.81. The number of ether oxygens (including phenoxy) is 2. The van der Waals surface area contributed by atoms with Crippen LogP contribution in [0.1, 0.15) is 17.4 Å². The lowest BCUT2D eigenvalue weighted by molar-refractivity contribution is 0.0520. The summed E-state index contributed by atoms with van der Waals surface area (Å²) in [6.07, 6.45) is 0. The number of hydrogen-bond donors (Lipinski definition) is 1. The van der Waals surface area contributed by atoms with Crippen molar-refractivity contribution in [1.82, 2.24) is 4.98 Å². The number of rotatable bonds is 4. The summed E-state index contributed by atoms with van der Waals surface area (Å²) in [4.78, 5) is 14.6. The van der Waals surface area contributed by atoms with Gasteiger partial charge in [0.05, 0.1) is 18.3 Å². The van der Waals surface area contributed by atoms with Gasteiger partial charge in [-0.05, 0) is 46.6 Å². The van der Waals surface area contributed by atoms with E-state index >= 15 is 0 Å². The highest BCUT2D eigenvalue weighted by atomic mass is 79.9. The van der Waals surface area contributed by atoms with Crippen molar-refractivity contribution in [3.63, 3.8) is 0 Å². The van der Waals surface area contributed by atoms with Gasteiger partial charge in [0.15, 0.2) is 0 Å². The number of carbonyl (C=O) groups excluding carboxylic acids is 1. The summed E-state index contributed by atoms with van der Waals surface area (Å²) in [5.74, 6) is 0.434. The third-order valence-corrected chi connectivity index (χ3v) is 3.29. The lowest BCUT2D eigenvalue weighted by Gasteiger charge is -2.02. The van der Waals surface area contributed by atoms with E-state index in [1.165, 1.54) is 0 Å². The van der Waals surface area contributed by atoms with Crippen LogP contribution in [0.2, 0.25) is 0 Å². The topological polar surface area (TPSA) is 51.3 Å². The van der Waals surface area contributed by atoms with Crippen molar-refractivity contribution in [2.45, 2.75) is 6.92 Å². The van der Waals surface area contributed by atoms with E-state index < -0.39 is 0 Å². The van der Waals surface area contributed by atoms with Crippen LogP contribution in [0.25, 0.3) is 11.1 Å². The van der Waals surface area contributed by atoms with E-state index in [2.05, 4.69) is 20.9 Å². The number of aromatic amines is 1. The number of H-pyrrole nitrogens is 1. The van der Waals surface area contributed by atoms with Crippen molar-refractivity contribution in [3.05, 3.63) is 40.6 Å². The van der Waals surface area contributed by atoms with Gasteiger partial charge in [0.2, 0.25) is 0 Å². The molecule has 0 unspecified atom stereocenters. The molecule has 0 radical (unpaired) electrons. The number of esters is 1. The zero-order chi connectivity index (χ0) is 13.8. The largest absolute Gasteiger partial charge is 0.497 e. The van der Waals surface area contributed by atoms with Gasteiger partial charge in [0.1, 0.15) is 11.4 Å². The van der Waals surface area contributed by atoms with Crippen LogP contribution in [-0.4, -0.2) is 24.7 Å². The van der Waals surface area contributed by atoms with E-state index in [1.54, 1.807) is 20.1 Å². The first-order valence-electron chi connectivity index (χ1n) is 5.85. The van der Waals surface area contributed by atoms with Crippen molar-refractivity contribution in [2.24, 2.45) is 0 Å². The molecular weight excluding hydrogens is 310 g/mol. The van der Waals surface area contributed by atoms with Gasteiger partial charge in [-0.15, -0.1) is 0 Å². The minimum Gasteiger partial charge on any atom is -0.497 e. The monoisotopic (exact) mass is 323 g/mol. The highest BCUT2D eigenvalue weighted by Gasteiger charge is 2.14. The number of nitrogens with one attached hydrogen (secondary N) is 1. The Hall–Kier alpha value is -1.75. The fourth-order valence-corrected chi connectivity index (χ4v) is 2.29. The van der Waals surface area contributed by atoms with Gasteiger partial charge >= 0.3 is 5.97 Å². The Bertz CT molecular complexity index is 575. The van der Waals surface area contributed by atoms with E-state index in [4.69, 9.17) is 9.47 Å². The SMILES string of the molecule is CCOC(=O)c1cc(-c2ccc(OC)cc2)c(Br)[nH]1. The predicted molar refractivity (Wildman–Crippen MR) is 76.4 cm³/mol. The maximum Gasteiger partial charge on any atom is 0.354 e. The number of halogens is 1. The molecule has 2 aromatic rings. The van der Waals surface area contributed by atoms with Crippen LogP contribution in [0.3, 0.4) is 0 Å². The Morgan fingerprint density at radius 2 is 2.00 bits per heavy atom. The quantitative estimate of drug-likeness (QED) is 0.874.